The van der Waals surface area contributed by atoms with Crippen molar-refractivity contribution < 1.29 is 4.79 Å². The van der Waals surface area contributed by atoms with Crippen molar-refractivity contribution in [3.63, 3.8) is 0 Å². The molecule has 0 aliphatic heterocycles. The average Bonchev–Trinajstić information content (AvgIpc) is 2.39. The minimum Gasteiger partial charge on any atom is -0.370 e. The maximum Gasteiger partial charge on any atom is 0.275 e. The van der Waals surface area contributed by atoms with Crippen molar-refractivity contribution in [3.05, 3.63) is 12.2 Å². The van der Waals surface area contributed by atoms with Crippen molar-refractivity contribution in [3.8, 4) is 0 Å². The molecule has 4 heteroatoms. The molecule has 4 nitrogen and oxygen atoms in total. The van der Waals surface area contributed by atoms with E-state index < -0.39 is 0 Å². The fourth-order valence-corrected chi connectivity index (χ4v) is 2.13. The van der Waals surface area contributed by atoms with Gasteiger partial charge in [-0.25, -0.2) is 0 Å². The lowest BCUT2D eigenvalue weighted by Crippen LogP contribution is -2.24. The number of guanidine groups is 1. The van der Waals surface area contributed by atoms with E-state index in [-0.39, 0.29) is 11.9 Å². The number of nitrogens with two attached hydrogens (primary N) is 2. The van der Waals surface area contributed by atoms with Crippen LogP contribution in [0.25, 0.3) is 0 Å². The molecule has 1 amide bonds. The Labute approximate surface area is 123 Å². The van der Waals surface area contributed by atoms with E-state index in [0.29, 0.717) is 12.0 Å². The monoisotopic (exact) mass is 281 g/mol. The summed E-state index contributed by atoms with van der Waals surface area (Å²) >= 11 is 0. The van der Waals surface area contributed by atoms with Crippen molar-refractivity contribution in [1.82, 2.24) is 0 Å². The highest BCUT2D eigenvalue weighted by molar-refractivity contribution is 6.00. The van der Waals surface area contributed by atoms with Gasteiger partial charge in [-0.3, -0.25) is 4.79 Å². The van der Waals surface area contributed by atoms with Gasteiger partial charge >= 0.3 is 0 Å². The fraction of sp³-hybridized carbons (Fsp3) is 0.750. The number of carbonyl (C=O) groups excluding carboxylic acids is 1. The number of unbranched alkanes of at least 4 members (excludes halogenated alkanes) is 9. The molecule has 0 unspecified atom stereocenters. The molecule has 20 heavy (non-hydrogen) atoms. The van der Waals surface area contributed by atoms with Gasteiger partial charge in [0.2, 0.25) is 0 Å². The predicted molar refractivity (Wildman–Crippen MR) is 86.4 cm³/mol. The van der Waals surface area contributed by atoms with Gasteiger partial charge in [-0.15, -0.1) is 0 Å². The van der Waals surface area contributed by atoms with Crippen LogP contribution in [0.5, 0.6) is 0 Å². The zero-order valence-electron chi connectivity index (χ0n) is 13.0. The van der Waals surface area contributed by atoms with Gasteiger partial charge in [-0.1, -0.05) is 71.3 Å². The van der Waals surface area contributed by atoms with Crippen LogP contribution in [0.1, 0.15) is 77.6 Å². The van der Waals surface area contributed by atoms with E-state index in [1.807, 2.05) is 0 Å². The van der Waals surface area contributed by atoms with Crippen molar-refractivity contribution >= 4 is 11.9 Å². The average molecular weight is 281 g/mol. The summed E-state index contributed by atoms with van der Waals surface area (Å²) in [6, 6.07) is 0. The van der Waals surface area contributed by atoms with Gasteiger partial charge in [0.05, 0.1) is 0 Å². The van der Waals surface area contributed by atoms with E-state index in [4.69, 9.17) is 11.5 Å². The van der Waals surface area contributed by atoms with Crippen molar-refractivity contribution in [2.24, 2.45) is 16.5 Å². The van der Waals surface area contributed by atoms with E-state index >= 15 is 0 Å². The molecule has 0 rings (SSSR count). The van der Waals surface area contributed by atoms with Crippen LogP contribution in [-0.4, -0.2) is 11.9 Å². The molecule has 0 radical (unpaired) electrons. The lowest BCUT2D eigenvalue weighted by Gasteiger charge is -2.03. The summed E-state index contributed by atoms with van der Waals surface area (Å²) in [6.07, 6.45) is 13.5. The first-order chi connectivity index (χ1) is 9.57. The van der Waals surface area contributed by atoms with Crippen LogP contribution in [0.3, 0.4) is 0 Å². The molecule has 0 aliphatic rings. The summed E-state index contributed by atoms with van der Waals surface area (Å²) in [4.78, 5) is 14.9. The Kier molecular flexibility index (Phi) is 11.9. The molecule has 0 aromatic carbocycles. The summed E-state index contributed by atoms with van der Waals surface area (Å²) in [5.74, 6) is -0.583. The molecule has 0 heterocycles. The number of nitrogens with zero attached hydrogens (tertiary/aromatic N) is 1. The normalized spacial score (nSPS) is 10.2. The molecule has 0 aromatic heterocycles. The molecule has 116 valence electrons. The van der Waals surface area contributed by atoms with Crippen LogP contribution in [0.2, 0.25) is 0 Å². The maximum absolute atomic E-state index is 11.4. The van der Waals surface area contributed by atoms with Crippen molar-refractivity contribution in [1.29, 1.82) is 0 Å². The smallest absolute Gasteiger partial charge is 0.275 e. The zero-order valence-corrected chi connectivity index (χ0v) is 13.0. The van der Waals surface area contributed by atoms with Crippen molar-refractivity contribution in [2.75, 3.05) is 0 Å². The number of amides is 1. The third-order valence-electron chi connectivity index (χ3n) is 3.37. The highest BCUT2D eigenvalue weighted by Crippen LogP contribution is 2.13. The third kappa shape index (κ3) is 11.8. The number of hydrogen-bond acceptors (Lipinski definition) is 1. The Bertz CT molecular complexity index is 307. The Morgan fingerprint density at radius 1 is 0.900 bits per heavy atom. The second kappa shape index (κ2) is 12.7. The van der Waals surface area contributed by atoms with Gasteiger partial charge in [0.1, 0.15) is 0 Å². The molecule has 0 aromatic rings. The third-order valence-corrected chi connectivity index (χ3v) is 3.37. The molecule has 0 spiro atoms. The minimum atomic E-state index is -0.388. The van der Waals surface area contributed by atoms with Crippen LogP contribution < -0.4 is 11.5 Å². The SMILES string of the molecule is C=C(CCCCCCCCCCCC)C(=O)N=C(N)N. The molecule has 0 fully saturated rings. The molecule has 0 bridgehead atoms. The van der Waals surface area contributed by atoms with Gasteiger partial charge in [-0.2, -0.15) is 4.99 Å². The van der Waals surface area contributed by atoms with E-state index in [2.05, 4.69) is 18.5 Å². The molecule has 0 atom stereocenters. The first-order valence-corrected chi connectivity index (χ1v) is 7.89. The number of rotatable bonds is 12. The van der Waals surface area contributed by atoms with E-state index in [1.165, 1.54) is 51.4 Å². The van der Waals surface area contributed by atoms with Gasteiger partial charge in [0, 0.05) is 5.57 Å². The lowest BCUT2D eigenvalue weighted by atomic mass is 10.0. The standard InChI is InChI=1S/C16H31N3O/c1-3-4-5-6-7-8-9-10-11-12-13-14(2)15(20)19-16(17)18/h2-13H2,1H3,(H4,17,18,19,20). The van der Waals surface area contributed by atoms with Crippen LogP contribution in [-0.2, 0) is 4.79 Å². The highest BCUT2D eigenvalue weighted by atomic mass is 16.1. The van der Waals surface area contributed by atoms with Crippen LogP contribution >= 0.6 is 0 Å². The van der Waals surface area contributed by atoms with E-state index in [0.717, 1.165) is 12.8 Å². The summed E-state index contributed by atoms with van der Waals surface area (Å²) in [5.41, 5.74) is 10.8. The van der Waals surface area contributed by atoms with Crippen molar-refractivity contribution in [2.45, 2.75) is 77.6 Å². The quantitative estimate of drug-likeness (QED) is 0.248. The minimum absolute atomic E-state index is 0.195. The largest absolute Gasteiger partial charge is 0.370 e. The number of carbonyl (C=O) groups is 1. The first-order valence-electron chi connectivity index (χ1n) is 7.89. The fourth-order valence-electron chi connectivity index (χ4n) is 2.13. The molecule has 0 saturated carbocycles. The van der Waals surface area contributed by atoms with Gasteiger partial charge < -0.3 is 11.5 Å². The van der Waals surface area contributed by atoms with Gasteiger partial charge in [0.25, 0.3) is 5.91 Å². The lowest BCUT2D eigenvalue weighted by molar-refractivity contribution is -0.114. The zero-order chi connectivity index (χ0) is 15.2. The second-order valence-electron chi connectivity index (χ2n) is 5.38. The first kappa shape index (κ1) is 18.7. The Balaban J connectivity index is 3.38. The molecule has 4 N–H and O–H groups in total. The Hall–Kier alpha value is -1.32. The second-order valence-corrected chi connectivity index (χ2v) is 5.38. The topological polar surface area (TPSA) is 81.5 Å². The molecular weight excluding hydrogens is 250 g/mol. The summed E-state index contributed by atoms with van der Waals surface area (Å²) < 4.78 is 0. The van der Waals surface area contributed by atoms with Crippen LogP contribution in [0.15, 0.2) is 17.1 Å². The predicted octanol–water partition coefficient (Wildman–Crippen LogP) is 3.65. The molecule has 0 saturated heterocycles. The number of aliphatic imine (C=N–C) groups is 1. The molecular formula is C16H31N3O. The summed E-state index contributed by atoms with van der Waals surface area (Å²) in [6.45, 7) is 5.96. The van der Waals surface area contributed by atoms with Crippen LogP contribution in [0.4, 0.5) is 0 Å². The maximum atomic E-state index is 11.4. The van der Waals surface area contributed by atoms with Gasteiger partial charge in [-0.05, 0) is 12.8 Å². The number of hydrogen-bond donors (Lipinski definition) is 2. The Morgan fingerprint density at radius 2 is 1.35 bits per heavy atom. The summed E-state index contributed by atoms with van der Waals surface area (Å²) in [7, 11) is 0. The van der Waals surface area contributed by atoms with Crippen LogP contribution in [0, 0.1) is 0 Å². The Morgan fingerprint density at radius 3 is 1.80 bits per heavy atom. The van der Waals surface area contributed by atoms with Gasteiger partial charge in [0.15, 0.2) is 5.96 Å². The van der Waals surface area contributed by atoms with E-state index in [9.17, 15) is 4.79 Å². The highest BCUT2D eigenvalue weighted by Gasteiger charge is 2.05. The molecule has 0 aliphatic carbocycles. The van der Waals surface area contributed by atoms with E-state index in [1.54, 1.807) is 0 Å². The summed E-state index contributed by atoms with van der Waals surface area (Å²) in [5, 5.41) is 0.